The summed E-state index contributed by atoms with van der Waals surface area (Å²) < 4.78 is 10.3. The molecule has 0 aliphatic carbocycles. The van der Waals surface area contributed by atoms with Crippen LogP contribution in [0.25, 0.3) is 0 Å². The first-order valence-electron chi connectivity index (χ1n) is 6.18. The van der Waals surface area contributed by atoms with Crippen LogP contribution in [0.2, 0.25) is 0 Å². The second-order valence-corrected chi connectivity index (χ2v) is 4.04. The van der Waals surface area contributed by atoms with Crippen molar-refractivity contribution in [2.75, 3.05) is 20.8 Å². The summed E-state index contributed by atoms with van der Waals surface area (Å²) in [7, 11) is 3.23. The summed E-state index contributed by atoms with van der Waals surface area (Å²) in [5, 5.41) is 3.11. The van der Waals surface area contributed by atoms with Gasteiger partial charge in [0.05, 0.1) is 20.1 Å². The Morgan fingerprint density at radius 1 is 1.44 bits per heavy atom. The van der Waals surface area contributed by atoms with Crippen LogP contribution in [0.1, 0.15) is 31.4 Å². The highest BCUT2D eigenvalue weighted by molar-refractivity contribution is 5.70. The lowest BCUT2D eigenvalue weighted by Gasteiger charge is -2.16. The zero-order valence-electron chi connectivity index (χ0n) is 11.2. The van der Waals surface area contributed by atoms with Crippen molar-refractivity contribution in [2.24, 2.45) is 0 Å². The number of rotatable bonds is 7. The SMILES string of the molecule is CCCOc1cccc(C(CC(=O)OC)NC)c1. The number of methoxy groups -OCH3 is 1. The highest BCUT2D eigenvalue weighted by Crippen LogP contribution is 2.22. The summed E-state index contributed by atoms with van der Waals surface area (Å²) in [6.07, 6.45) is 1.28. The van der Waals surface area contributed by atoms with Crippen molar-refractivity contribution >= 4 is 5.97 Å². The van der Waals surface area contributed by atoms with E-state index in [4.69, 9.17) is 4.74 Å². The van der Waals surface area contributed by atoms with Crippen LogP contribution in [0.3, 0.4) is 0 Å². The van der Waals surface area contributed by atoms with E-state index < -0.39 is 0 Å². The number of hydrogen-bond acceptors (Lipinski definition) is 4. The maximum Gasteiger partial charge on any atom is 0.307 e. The number of nitrogens with one attached hydrogen (secondary N) is 1. The van der Waals surface area contributed by atoms with Crippen molar-refractivity contribution in [3.63, 3.8) is 0 Å². The van der Waals surface area contributed by atoms with Crippen LogP contribution in [0.5, 0.6) is 5.75 Å². The number of hydrogen-bond donors (Lipinski definition) is 1. The summed E-state index contributed by atoms with van der Waals surface area (Å²) in [6.45, 7) is 2.77. The highest BCUT2D eigenvalue weighted by Gasteiger charge is 2.14. The Bertz CT molecular complexity index is 379. The Kier molecular flexibility index (Phi) is 6.22. The van der Waals surface area contributed by atoms with E-state index in [0.29, 0.717) is 13.0 Å². The molecule has 1 aromatic rings. The van der Waals surface area contributed by atoms with Gasteiger partial charge in [-0.3, -0.25) is 4.79 Å². The standard InChI is InChI=1S/C14H21NO3/c1-4-8-18-12-7-5-6-11(9-12)13(15-2)10-14(16)17-3/h5-7,9,13,15H,4,8,10H2,1-3H3. The third-order valence-corrected chi connectivity index (χ3v) is 2.68. The molecule has 1 rings (SSSR count). The molecule has 0 amide bonds. The number of carbonyl (C=O) groups excluding carboxylic acids is 1. The normalized spacial score (nSPS) is 11.9. The summed E-state index contributed by atoms with van der Waals surface area (Å²) in [5.74, 6) is 0.605. The third kappa shape index (κ3) is 4.37. The van der Waals surface area contributed by atoms with E-state index in [0.717, 1.165) is 17.7 Å². The molecule has 18 heavy (non-hydrogen) atoms. The average molecular weight is 251 g/mol. The zero-order valence-corrected chi connectivity index (χ0v) is 11.2. The van der Waals surface area contributed by atoms with E-state index in [9.17, 15) is 4.79 Å². The molecule has 0 saturated heterocycles. The lowest BCUT2D eigenvalue weighted by molar-refractivity contribution is -0.141. The Hall–Kier alpha value is -1.55. The minimum Gasteiger partial charge on any atom is -0.494 e. The first-order valence-corrected chi connectivity index (χ1v) is 6.18. The maximum absolute atomic E-state index is 11.3. The fourth-order valence-electron chi connectivity index (χ4n) is 1.68. The molecular formula is C14H21NO3. The minimum atomic E-state index is -0.228. The molecule has 0 bridgehead atoms. The molecular weight excluding hydrogens is 230 g/mol. The molecule has 0 spiro atoms. The van der Waals surface area contributed by atoms with E-state index in [1.807, 2.05) is 31.3 Å². The van der Waals surface area contributed by atoms with E-state index in [-0.39, 0.29) is 12.0 Å². The summed E-state index contributed by atoms with van der Waals surface area (Å²) in [6, 6.07) is 7.73. The molecule has 4 heteroatoms. The van der Waals surface area contributed by atoms with Gasteiger partial charge in [-0.25, -0.2) is 0 Å². The molecule has 0 saturated carbocycles. The van der Waals surface area contributed by atoms with Crippen LogP contribution < -0.4 is 10.1 Å². The molecule has 0 fully saturated rings. The smallest absolute Gasteiger partial charge is 0.307 e. The van der Waals surface area contributed by atoms with Crippen molar-refractivity contribution in [1.29, 1.82) is 0 Å². The Balaban J connectivity index is 2.75. The predicted octanol–water partition coefficient (Wildman–Crippen LogP) is 2.30. The number of ether oxygens (including phenoxy) is 2. The van der Waals surface area contributed by atoms with Crippen molar-refractivity contribution in [1.82, 2.24) is 5.32 Å². The van der Waals surface area contributed by atoms with E-state index in [2.05, 4.69) is 17.0 Å². The Labute approximate surface area is 108 Å². The van der Waals surface area contributed by atoms with Gasteiger partial charge >= 0.3 is 5.97 Å². The average Bonchev–Trinajstić information content (AvgIpc) is 2.42. The second kappa shape index (κ2) is 7.71. The molecule has 1 atom stereocenters. The number of esters is 1. The van der Waals surface area contributed by atoms with Gasteiger partial charge in [-0.2, -0.15) is 0 Å². The first-order chi connectivity index (χ1) is 8.71. The van der Waals surface area contributed by atoms with Gasteiger partial charge in [-0.1, -0.05) is 19.1 Å². The summed E-state index contributed by atoms with van der Waals surface area (Å²) >= 11 is 0. The van der Waals surface area contributed by atoms with Gasteiger partial charge < -0.3 is 14.8 Å². The number of carbonyl (C=O) groups is 1. The van der Waals surface area contributed by atoms with Gasteiger partial charge in [0.15, 0.2) is 0 Å². The maximum atomic E-state index is 11.3. The molecule has 1 aromatic carbocycles. The molecule has 1 unspecified atom stereocenters. The highest BCUT2D eigenvalue weighted by atomic mass is 16.5. The van der Waals surface area contributed by atoms with Crippen molar-refractivity contribution in [3.05, 3.63) is 29.8 Å². The topological polar surface area (TPSA) is 47.6 Å². The molecule has 1 N–H and O–H groups in total. The molecule has 4 nitrogen and oxygen atoms in total. The minimum absolute atomic E-state index is 0.0531. The van der Waals surface area contributed by atoms with Crippen LogP contribution in [-0.4, -0.2) is 26.7 Å². The van der Waals surface area contributed by atoms with Gasteiger partial charge in [-0.15, -0.1) is 0 Å². The lowest BCUT2D eigenvalue weighted by Crippen LogP contribution is -2.20. The van der Waals surface area contributed by atoms with Gasteiger partial charge in [0, 0.05) is 6.04 Å². The van der Waals surface area contributed by atoms with Crippen LogP contribution in [0.4, 0.5) is 0 Å². The van der Waals surface area contributed by atoms with Crippen LogP contribution in [0, 0.1) is 0 Å². The van der Waals surface area contributed by atoms with Gasteiger partial charge in [-0.05, 0) is 31.2 Å². The van der Waals surface area contributed by atoms with E-state index in [1.54, 1.807) is 0 Å². The van der Waals surface area contributed by atoms with Crippen LogP contribution >= 0.6 is 0 Å². The summed E-state index contributed by atoms with van der Waals surface area (Å²) in [4.78, 5) is 11.3. The van der Waals surface area contributed by atoms with Gasteiger partial charge in [0.25, 0.3) is 0 Å². The molecule has 0 radical (unpaired) electrons. The largest absolute Gasteiger partial charge is 0.494 e. The molecule has 100 valence electrons. The van der Waals surface area contributed by atoms with Crippen LogP contribution in [-0.2, 0) is 9.53 Å². The molecule has 0 aromatic heterocycles. The monoisotopic (exact) mass is 251 g/mol. The van der Waals surface area contributed by atoms with E-state index >= 15 is 0 Å². The second-order valence-electron chi connectivity index (χ2n) is 4.04. The Morgan fingerprint density at radius 2 is 2.22 bits per heavy atom. The Morgan fingerprint density at radius 3 is 2.83 bits per heavy atom. The van der Waals surface area contributed by atoms with Crippen LogP contribution in [0.15, 0.2) is 24.3 Å². The fraction of sp³-hybridized carbons (Fsp3) is 0.500. The number of benzene rings is 1. The first kappa shape index (κ1) is 14.5. The molecule has 0 heterocycles. The van der Waals surface area contributed by atoms with Gasteiger partial charge in [0.1, 0.15) is 5.75 Å². The van der Waals surface area contributed by atoms with Crippen molar-refractivity contribution in [2.45, 2.75) is 25.8 Å². The quantitative estimate of drug-likeness (QED) is 0.755. The van der Waals surface area contributed by atoms with Gasteiger partial charge in [0.2, 0.25) is 0 Å². The molecule has 0 aliphatic rings. The fourth-order valence-corrected chi connectivity index (χ4v) is 1.68. The van der Waals surface area contributed by atoms with Crippen molar-refractivity contribution in [3.8, 4) is 5.75 Å². The molecule has 0 aliphatic heterocycles. The van der Waals surface area contributed by atoms with Crippen molar-refractivity contribution < 1.29 is 14.3 Å². The lowest BCUT2D eigenvalue weighted by atomic mass is 10.0. The summed E-state index contributed by atoms with van der Waals surface area (Å²) in [5.41, 5.74) is 1.02. The third-order valence-electron chi connectivity index (χ3n) is 2.68. The van der Waals surface area contributed by atoms with E-state index in [1.165, 1.54) is 7.11 Å². The predicted molar refractivity (Wildman–Crippen MR) is 70.7 cm³/mol. The zero-order chi connectivity index (χ0) is 13.4.